The minimum atomic E-state index is -1.26. The van der Waals surface area contributed by atoms with E-state index < -0.39 is 23.9 Å². The number of hydrogen-bond donors (Lipinski definition) is 3. The Labute approximate surface area is 93.2 Å². The number of carbonyl (C=O) groups excluding carboxylic acids is 2. The van der Waals surface area contributed by atoms with Crippen LogP contribution in [0.1, 0.15) is 12.8 Å². The van der Waals surface area contributed by atoms with Gasteiger partial charge in [0.25, 0.3) is 0 Å². The van der Waals surface area contributed by atoms with Gasteiger partial charge >= 0.3 is 11.9 Å². The van der Waals surface area contributed by atoms with E-state index in [4.69, 9.17) is 5.11 Å². The molecule has 1 atom stereocenters. The summed E-state index contributed by atoms with van der Waals surface area (Å²) < 4.78 is 4.33. The van der Waals surface area contributed by atoms with Gasteiger partial charge in [-0.15, -0.1) is 0 Å². The van der Waals surface area contributed by atoms with E-state index in [-0.39, 0.29) is 12.8 Å². The minimum Gasteiger partial charge on any atom is -0.480 e. The number of carbonyl (C=O) groups is 3. The fourth-order valence-electron chi connectivity index (χ4n) is 0.955. The zero-order chi connectivity index (χ0) is 12.6. The molecule has 1 amide bonds. The number of ether oxygens (including phenoxy) is 1. The molecular formula is C9H16N2O5. The number of nitrogens with one attached hydrogen (secondary N) is 2. The zero-order valence-corrected chi connectivity index (χ0v) is 9.28. The number of esters is 1. The summed E-state index contributed by atoms with van der Waals surface area (Å²) in [4.78, 5) is 32.8. The molecule has 0 fully saturated rings. The standard InChI is InChI=1S/C9H16N2O5/c1-10-4-3-7(12)11-6(9(14)15)5-8(13)16-2/h6,10H,3-5H2,1-2H3,(H,11,12)(H,14,15)/t6-/m0/s1. The van der Waals surface area contributed by atoms with Gasteiger partial charge in [0.1, 0.15) is 6.04 Å². The summed E-state index contributed by atoms with van der Waals surface area (Å²) in [6.07, 6.45) is -0.224. The molecule has 0 saturated carbocycles. The highest BCUT2D eigenvalue weighted by Crippen LogP contribution is 1.95. The first kappa shape index (κ1) is 14.4. The van der Waals surface area contributed by atoms with Crippen LogP contribution in [0.4, 0.5) is 0 Å². The van der Waals surface area contributed by atoms with Crippen molar-refractivity contribution in [3.63, 3.8) is 0 Å². The van der Waals surface area contributed by atoms with Gasteiger partial charge in [0, 0.05) is 13.0 Å². The Morgan fingerprint density at radius 1 is 1.38 bits per heavy atom. The maximum atomic E-state index is 11.2. The van der Waals surface area contributed by atoms with Crippen LogP contribution in [-0.4, -0.2) is 49.7 Å². The second kappa shape index (κ2) is 7.63. The van der Waals surface area contributed by atoms with Gasteiger partial charge in [-0.05, 0) is 7.05 Å². The monoisotopic (exact) mass is 232 g/mol. The highest BCUT2D eigenvalue weighted by atomic mass is 16.5. The van der Waals surface area contributed by atoms with Crippen LogP contribution in [0.15, 0.2) is 0 Å². The molecular weight excluding hydrogens is 216 g/mol. The Kier molecular flexibility index (Phi) is 6.86. The third kappa shape index (κ3) is 5.97. The second-order valence-electron chi connectivity index (χ2n) is 3.09. The molecule has 0 aromatic heterocycles. The predicted molar refractivity (Wildman–Crippen MR) is 54.7 cm³/mol. The van der Waals surface area contributed by atoms with Crippen LogP contribution < -0.4 is 10.6 Å². The molecule has 0 bridgehead atoms. The van der Waals surface area contributed by atoms with E-state index in [0.717, 1.165) is 7.11 Å². The number of carboxylic acid groups (broad SMARTS) is 1. The molecule has 0 aliphatic carbocycles. The van der Waals surface area contributed by atoms with E-state index in [1.807, 2.05) is 0 Å². The van der Waals surface area contributed by atoms with Gasteiger partial charge in [-0.1, -0.05) is 0 Å². The summed E-state index contributed by atoms with van der Waals surface area (Å²) in [5, 5.41) is 13.7. The molecule has 16 heavy (non-hydrogen) atoms. The first-order chi connectivity index (χ1) is 7.51. The quantitative estimate of drug-likeness (QED) is 0.473. The van der Waals surface area contributed by atoms with Crippen molar-refractivity contribution in [1.29, 1.82) is 0 Å². The normalized spacial score (nSPS) is 11.6. The van der Waals surface area contributed by atoms with Crippen molar-refractivity contribution in [2.75, 3.05) is 20.7 Å². The minimum absolute atomic E-state index is 0.154. The van der Waals surface area contributed by atoms with Gasteiger partial charge in [0.2, 0.25) is 5.91 Å². The van der Waals surface area contributed by atoms with E-state index in [1.165, 1.54) is 0 Å². The van der Waals surface area contributed by atoms with Gasteiger partial charge < -0.3 is 20.5 Å². The van der Waals surface area contributed by atoms with Crippen LogP contribution in [0, 0.1) is 0 Å². The van der Waals surface area contributed by atoms with Crippen LogP contribution >= 0.6 is 0 Å². The van der Waals surface area contributed by atoms with E-state index in [1.54, 1.807) is 7.05 Å². The summed E-state index contributed by atoms with van der Waals surface area (Å²) in [6.45, 7) is 0.441. The lowest BCUT2D eigenvalue weighted by molar-refractivity contribution is -0.148. The van der Waals surface area contributed by atoms with Gasteiger partial charge in [-0.3, -0.25) is 9.59 Å². The van der Waals surface area contributed by atoms with E-state index in [0.29, 0.717) is 6.54 Å². The first-order valence-electron chi connectivity index (χ1n) is 4.74. The Morgan fingerprint density at radius 3 is 2.44 bits per heavy atom. The largest absolute Gasteiger partial charge is 0.480 e. The van der Waals surface area contributed by atoms with E-state index >= 15 is 0 Å². The van der Waals surface area contributed by atoms with E-state index in [2.05, 4.69) is 15.4 Å². The molecule has 92 valence electrons. The van der Waals surface area contributed by atoms with Crippen molar-refractivity contribution in [3.8, 4) is 0 Å². The Balaban J connectivity index is 4.17. The third-order valence-corrected chi connectivity index (χ3v) is 1.83. The van der Waals surface area contributed by atoms with Gasteiger partial charge in [0.15, 0.2) is 0 Å². The molecule has 0 aliphatic heterocycles. The zero-order valence-electron chi connectivity index (χ0n) is 9.28. The summed E-state index contributed by atoms with van der Waals surface area (Å²) in [7, 11) is 2.83. The molecule has 0 unspecified atom stereocenters. The number of amides is 1. The molecule has 0 heterocycles. The molecule has 0 saturated heterocycles. The maximum Gasteiger partial charge on any atom is 0.326 e. The van der Waals surface area contributed by atoms with Crippen LogP contribution in [0.2, 0.25) is 0 Å². The molecule has 0 aromatic rings. The fourth-order valence-corrected chi connectivity index (χ4v) is 0.955. The SMILES string of the molecule is CNCCC(=O)N[C@@H](CC(=O)OC)C(=O)O. The van der Waals surface area contributed by atoms with Gasteiger partial charge in [-0.25, -0.2) is 4.79 Å². The maximum absolute atomic E-state index is 11.2. The average Bonchev–Trinajstić information content (AvgIpc) is 2.24. The lowest BCUT2D eigenvalue weighted by atomic mass is 10.2. The Morgan fingerprint density at radius 2 is 2.00 bits per heavy atom. The van der Waals surface area contributed by atoms with Crippen molar-refractivity contribution in [1.82, 2.24) is 10.6 Å². The molecule has 0 rings (SSSR count). The predicted octanol–water partition coefficient (Wildman–Crippen LogP) is -1.27. The summed E-state index contributed by atoms with van der Waals surface area (Å²) in [5.74, 6) is -2.37. The summed E-state index contributed by atoms with van der Waals surface area (Å²) in [5.41, 5.74) is 0. The van der Waals surface area contributed by atoms with Crippen LogP contribution in [0.5, 0.6) is 0 Å². The third-order valence-electron chi connectivity index (χ3n) is 1.83. The molecule has 0 aliphatic rings. The molecule has 0 spiro atoms. The lowest BCUT2D eigenvalue weighted by Gasteiger charge is -2.13. The number of methoxy groups -OCH3 is 1. The molecule has 3 N–H and O–H groups in total. The average molecular weight is 232 g/mol. The second-order valence-corrected chi connectivity index (χ2v) is 3.09. The van der Waals surface area contributed by atoms with Gasteiger partial charge in [0.05, 0.1) is 13.5 Å². The Hall–Kier alpha value is -1.63. The number of rotatable bonds is 7. The van der Waals surface area contributed by atoms with Crippen LogP contribution in [0.3, 0.4) is 0 Å². The van der Waals surface area contributed by atoms with Crippen molar-refractivity contribution in [2.24, 2.45) is 0 Å². The van der Waals surface area contributed by atoms with Crippen LogP contribution in [-0.2, 0) is 19.1 Å². The van der Waals surface area contributed by atoms with Gasteiger partial charge in [-0.2, -0.15) is 0 Å². The smallest absolute Gasteiger partial charge is 0.326 e. The van der Waals surface area contributed by atoms with Crippen molar-refractivity contribution in [3.05, 3.63) is 0 Å². The topological polar surface area (TPSA) is 105 Å². The van der Waals surface area contributed by atoms with E-state index in [9.17, 15) is 14.4 Å². The van der Waals surface area contributed by atoms with Crippen LogP contribution in [0.25, 0.3) is 0 Å². The molecule has 0 radical (unpaired) electrons. The molecule has 7 heteroatoms. The van der Waals surface area contributed by atoms with Crippen molar-refractivity contribution in [2.45, 2.75) is 18.9 Å². The summed E-state index contributed by atoms with van der Waals surface area (Å²) >= 11 is 0. The Bertz CT molecular complexity index is 267. The highest BCUT2D eigenvalue weighted by Gasteiger charge is 2.23. The van der Waals surface area contributed by atoms with Crippen molar-refractivity contribution >= 4 is 17.8 Å². The number of hydrogen-bond acceptors (Lipinski definition) is 5. The van der Waals surface area contributed by atoms with Crippen molar-refractivity contribution < 1.29 is 24.2 Å². The molecule has 0 aromatic carbocycles. The summed E-state index contributed by atoms with van der Waals surface area (Å²) in [6, 6.07) is -1.24. The molecule has 7 nitrogen and oxygen atoms in total. The lowest BCUT2D eigenvalue weighted by Crippen LogP contribution is -2.43. The number of aliphatic carboxylic acids is 1. The fraction of sp³-hybridized carbons (Fsp3) is 0.667. The first-order valence-corrected chi connectivity index (χ1v) is 4.74. The highest BCUT2D eigenvalue weighted by molar-refractivity contribution is 5.87. The number of carboxylic acids is 1.